The molecule has 0 aromatic carbocycles. The third kappa shape index (κ3) is 5.24. The predicted molar refractivity (Wildman–Crippen MR) is 96.8 cm³/mol. The van der Waals surface area contributed by atoms with Crippen LogP contribution in [0, 0.1) is 0 Å². The van der Waals surface area contributed by atoms with Crippen molar-refractivity contribution in [1.82, 2.24) is 14.9 Å². The van der Waals surface area contributed by atoms with Crippen LogP contribution in [-0.2, 0) is 15.7 Å². The maximum absolute atomic E-state index is 12.9. The van der Waals surface area contributed by atoms with Gasteiger partial charge in [-0.15, -0.1) is 0 Å². The Bertz CT molecular complexity index is 704. The minimum absolute atomic E-state index is 0.138. The monoisotopic (exact) mass is 404 g/mol. The Labute approximate surface area is 162 Å². The fourth-order valence-electron chi connectivity index (χ4n) is 3.00. The molecule has 1 fully saturated rings. The summed E-state index contributed by atoms with van der Waals surface area (Å²) in [7, 11) is 0. The van der Waals surface area contributed by atoms with Crippen LogP contribution in [0.5, 0.6) is 0 Å². The summed E-state index contributed by atoms with van der Waals surface area (Å²) in [6.45, 7) is 11.5. The average molecular weight is 404 g/mol. The van der Waals surface area contributed by atoms with Crippen molar-refractivity contribution >= 4 is 11.9 Å². The maximum Gasteiger partial charge on any atom is 0.451 e. The van der Waals surface area contributed by atoms with E-state index in [2.05, 4.69) is 9.97 Å². The van der Waals surface area contributed by atoms with Crippen LogP contribution in [-0.4, -0.2) is 58.0 Å². The third-order valence-electron chi connectivity index (χ3n) is 4.20. The molecule has 0 spiro atoms. The number of nitrogens with zero attached hydrogens (tertiary/aromatic N) is 4. The van der Waals surface area contributed by atoms with E-state index in [0.717, 1.165) is 6.20 Å². The van der Waals surface area contributed by atoms with Gasteiger partial charge < -0.3 is 14.4 Å². The zero-order chi connectivity index (χ0) is 21.3. The van der Waals surface area contributed by atoms with E-state index in [1.54, 1.807) is 46.4 Å². The molecule has 2 rings (SSSR count). The lowest BCUT2D eigenvalue weighted by molar-refractivity contribution is -0.144. The molecular formula is C18H27F3N4O3. The lowest BCUT2D eigenvalue weighted by Crippen LogP contribution is -2.53. The number of anilines is 1. The molecule has 1 aliphatic heterocycles. The van der Waals surface area contributed by atoms with Gasteiger partial charge in [-0.05, 0) is 47.6 Å². The molecule has 1 aromatic heterocycles. The van der Waals surface area contributed by atoms with Crippen molar-refractivity contribution in [2.45, 2.75) is 65.1 Å². The topological polar surface area (TPSA) is 67.8 Å². The number of hydrogen-bond acceptors (Lipinski definition) is 6. The number of ether oxygens (including phenoxy) is 2. The average Bonchev–Trinajstić information content (AvgIpc) is 2.84. The number of hydrogen-bond donors (Lipinski definition) is 0. The van der Waals surface area contributed by atoms with Crippen LogP contribution in [0.25, 0.3) is 0 Å². The van der Waals surface area contributed by atoms with Gasteiger partial charge in [0, 0.05) is 19.3 Å². The molecule has 0 radical (unpaired) electrons. The molecule has 0 bridgehead atoms. The van der Waals surface area contributed by atoms with Crippen molar-refractivity contribution in [3.8, 4) is 0 Å². The predicted octanol–water partition coefficient (Wildman–Crippen LogP) is 3.69. The van der Waals surface area contributed by atoms with Crippen LogP contribution in [0.2, 0.25) is 0 Å². The maximum atomic E-state index is 12.9. The quantitative estimate of drug-likeness (QED) is 0.762. The summed E-state index contributed by atoms with van der Waals surface area (Å²) in [5.74, 6) is -1.06. The Morgan fingerprint density at radius 2 is 2.04 bits per heavy atom. The molecule has 28 heavy (non-hydrogen) atoms. The molecule has 1 aromatic rings. The van der Waals surface area contributed by atoms with Gasteiger partial charge in [0.15, 0.2) is 0 Å². The molecule has 0 N–H and O–H groups in total. The fraction of sp³-hybridized carbons (Fsp3) is 0.722. The first kappa shape index (κ1) is 22.2. The molecule has 2 heterocycles. The lowest BCUT2D eigenvalue weighted by Gasteiger charge is -2.36. The second kappa shape index (κ2) is 7.73. The van der Waals surface area contributed by atoms with Crippen LogP contribution < -0.4 is 4.90 Å². The number of amides is 1. The summed E-state index contributed by atoms with van der Waals surface area (Å²) in [5.41, 5.74) is -1.58. The Kier molecular flexibility index (Phi) is 6.13. The number of halogens is 3. The number of likely N-dealkylation sites (N-methyl/N-ethyl adjacent to an activating group) is 1. The minimum Gasteiger partial charge on any atom is -0.444 e. The van der Waals surface area contributed by atoms with Gasteiger partial charge in [-0.3, -0.25) is 4.90 Å². The summed E-state index contributed by atoms with van der Waals surface area (Å²) in [4.78, 5) is 22.8. The van der Waals surface area contributed by atoms with Gasteiger partial charge in [-0.2, -0.15) is 13.2 Å². The number of aromatic nitrogens is 2. The number of alkyl halides is 3. The Balaban J connectivity index is 2.24. The Morgan fingerprint density at radius 3 is 2.57 bits per heavy atom. The van der Waals surface area contributed by atoms with Gasteiger partial charge in [0.2, 0.25) is 5.82 Å². The van der Waals surface area contributed by atoms with Crippen molar-refractivity contribution in [1.29, 1.82) is 0 Å². The first-order chi connectivity index (χ1) is 12.7. The molecular weight excluding hydrogens is 377 g/mol. The van der Waals surface area contributed by atoms with Gasteiger partial charge >= 0.3 is 12.3 Å². The van der Waals surface area contributed by atoms with Crippen LogP contribution in [0.4, 0.5) is 23.8 Å². The minimum atomic E-state index is -4.63. The van der Waals surface area contributed by atoms with E-state index in [4.69, 9.17) is 9.47 Å². The SMILES string of the molecule is CCN(C[C@H]1COC(C)(C)N1C(=O)OC(C)(C)C)c1ccnc(C(F)(F)F)n1. The molecule has 158 valence electrons. The summed E-state index contributed by atoms with van der Waals surface area (Å²) in [5, 5.41) is 0. The highest BCUT2D eigenvalue weighted by molar-refractivity contribution is 5.70. The van der Waals surface area contributed by atoms with Crippen LogP contribution >= 0.6 is 0 Å². The van der Waals surface area contributed by atoms with Crippen molar-refractivity contribution < 1.29 is 27.4 Å². The number of carbonyl (C=O) groups is 1. The summed E-state index contributed by atoms with van der Waals surface area (Å²) in [6, 6.07) is 1.01. The largest absolute Gasteiger partial charge is 0.451 e. The second-order valence-corrected chi connectivity index (χ2v) is 8.04. The molecule has 0 saturated carbocycles. The van der Waals surface area contributed by atoms with Crippen LogP contribution in [0.1, 0.15) is 47.4 Å². The standard InChI is InChI=1S/C18H27F3N4O3/c1-7-24(13-8-9-22-14(23-13)18(19,20)21)10-12-11-27-17(5,6)25(12)15(26)28-16(2,3)4/h8-9,12H,7,10-11H2,1-6H3/t12-/m0/s1. The van der Waals surface area contributed by atoms with Crippen molar-refractivity contribution in [3.05, 3.63) is 18.1 Å². The molecule has 7 nitrogen and oxygen atoms in total. The van der Waals surface area contributed by atoms with E-state index in [-0.39, 0.29) is 19.0 Å². The van der Waals surface area contributed by atoms with Gasteiger partial charge in [0.05, 0.1) is 12.6 Å². The molecule has 0 aliphatic carbocycles. The summed E-state index contributed by atoms with van der Waals surface area (Å²) < 4.78 is 50.0. The third-order valence-corrected chi connectivity index (χ3v) is 4.20. The van der Waals surface area contributed by atoms with Crippen molar-refractivity contribution in [3.63, 3.8) is 0 Å². The van der Waals surface area contributed by atoms with Crippen molar-refractivity contribution in [2.24, 2.45) is 0 Å². The van der Waals surface area contributed by atoms with Crippen LogP contribution in [0.3, 0.4) is 0 Å². The molecule has 10 heteroatoms. The van der Waals surface area contributed by atoms with Crippen molar-refractivity contribution in [2.75, 3.05) is 24.6 Å². The highest BCUT2D eigenvalue weighted by Crippen LogP contribution is 2.31. The Hall–Kier alpha value is -2.10. The van der Waals surface area contributed by atoms with Crippen LogP contribution in [0.15, 0.2) is 12.3 Å². The van der Waals surface area contributed by atoms with E-state index in [9.17, 15) is 18.0 Å². The van der Waals surface area contributed by atoms with Gasteiger partial charge in [0.1, 0.15) is 17.1 Å². The molecule has 1 atom stereocenters. The molecule has 0 unspecified atom stereocenters. The van der Waals surface area contributed by atoms with E-state index in [1.807, 2.05) is 0 Å². The Morgan fingerprint density at radius 1 is 1.39 bits per heavy atom. The zero-order valence-electron chi connectivity index (χ0n) is 17.0. The second-order valence-electron chi connectivity index (χ2n) is 8.04. The van der Waals surface area contributed by atoms with E-state index in [1.165, 1.54) is 11.0 Å². The van der Waals surface area contributed by atoms with E-state index >= 15 is 0 Å². The highest BCUT2D eigenvalue weighted by atomic mass is 19.4. The first-order valence-electron chi connectivity index (χ1n) is 9.06. The van der Waals surface area contributed by atoms with Gasteiger partial charge in [-0.1, -0.05) is 0 Å². The van der Waals surface area contributed by atoms with E-state index < -0.39 is 35.5 Å². The molecule has 1 saturated heterocycles. The normalized spacial score (nSPS) is 19.6. The fourth-order valence-corrected chi connectivity index (χ4v) is 3.00. The van der Waals surface area contributed by atoms with Gasteiger partial charge in [0.25, 0.3) is 0 Å². The number of carbonyl (C=O) groups excluding carboxylic acids is 1. The first-order valence-corrected chi connectivity index (χ1v) is 9.06. The molecule has 1 aliphatic rings. The molecule has 1 amide bonds. The summed E-state index contributed by atoms with van der Waals surface area (Å²) in [6.07, 6.45) is -4.08. The summed E-state index contributed by atoms with van der Waals surface area (Å²) >= 11 is 0. The smallest absolute Gasteiger partial charge is 0.444 e. The number of rotatable bonds is 4. The highest BCUT2D eigenvalue weighted by Gasteiger charge is 2.46. The van der Waals surface area contributed by atoms with E-state index in [0.29, 0.717) is 6.54 Å². The lowest BCUT2D eigenvalue weighted by atomic mass is 10.2. The zero-order valence-corrected chi connectivity index (χ0v) is 17.0. The van der Waals surface area contributed by atoms with Gasteiger partial charge in [-0.25, -0.2) is 14.8 Å².